The van der Waals surface area contributed by atoms with E-state index in [1.54, 1.807) is 0 Å². The molecule has 2 aromatic rings. The summed E-state index contributed by atoms with van der Waals surface area (Å²) in [5.74, 6) is 0. The minimum absolute atomic E-state index is 0.421. The quantitative estimate of drug-likeness (QED) is 0.560. The van der Waals surface area contributed by atoms with Crippen molar-refractivity contribution in [3.63, 3.8) is 0 Å². The van der Waals surface area contributed by atoms with Gasteiger partial charge in [0.15, 0.2) is 0 Å². The molecule has 0 heterocycles. The zero-order valence-electron chi connectivity index (χ0n) is 7.57. The maximum absolute atomic E-state index is 4.24. The van der Waals surface area contributed by atoms with Gasteiger partial charge in [0.2, 0.25) is 0 Å². The van der Waals surface area contributed by atoms with Gasteiger partial charge in [0.25, 0.3) is 0 Å². The van der Waals surface area contributed by atoms with E-state index in [9.17, 15) is 0 Å². The Labute approximate surface area is 93.5 Å². The molecule has 0 fully saturated rings. The minimum atomic E-state index is -0.421. The van der Waals surface area contributed by atoms with E-state index < -0.39 is 6.61 Å². The van der Waals surface area contributed by atoms with E-state index in [0.717, 1.165) is 0 Å². The van der Waals surface area contributed by atoms with Crippen molar-refractivity contribution in [2.75, 3.05) is 0 Å². The molecule has 0 nitrogen and oxygen atoms in total. The van der Waals surface area contributed by atoms with Crippen molar-refractivity contribution in [2.45, 2.75) is 0 Å². The van der Waals surface area contributed by atoms with Crippen molar-refractivity contribution in [1.29, 1.82) is 0 Å². The predicted octanol–water partition coefficient (Wildman–Crippen LogP) is 2.58. The van der Waals surface area contributed by atoms with Gasteiger partial charge < -0.3 is 0 Å². The van der Waals surface area contributed by atoms with Crippen molar-refractivity contribution in [1.82, 2.24) is 0 Å². The Balaban J connectivity index is 2.30. The van der Waals surface area contributed by atoms with Crippen LogP contribution in [-0.4, -0.2) is 0 Å². The first kappa shape index (κ1) is 9.93. The van der Waals surface area contributed by atoms with Crippen LogP contribution in [0.2, 0.25) is 0 Å². The molecular formula is C12H10FeP. The molecule has 0 unspecified atom stereocenters. The van der Waals surface area contributed by atoms with Crippen LogP contribution in [0.1, 0.15) is 0 Å². The van der Waals surface area contributed by atoms with Gasteiger partial charge in [-0.2, -0.15) is 0 Å². The SMILES string of the molecule is [Fe][P](c1ccccc1)c1ccccc1. The monoisotopic (exact) mass is 241 g/mol. The van der Waals surface area contributed by atoms with Crippen molar-refractivity contribution in [3.05, 3.63) is 60.7 Å². The average Bonchev–Trinajstić information content (AvgIpc) is 2.30. The molecule has 2 aromatic carbocycles. The van der Waals surface area contributed by atoms with Crippen molar-refractivity contribution in [2.24, 2.45) is 0 Å². The van der Waals surface area contributed by atoms with Crippen molar-refractivity contribution >= 4 is 17.2 Å². The Morgan fingerprint density at radius 2 is 1.00 bits per heavy atom. The average molecular weight is 241 g/mol. The number of rotatable bonds is 2. The van der Waals surface area contributed by atoms with E-state index in [4.69, 9.17) is 0 Å². The molecule has 0 bridgehead atoms. The van der Waals surface area contributed by atoms with Crippen LogP contribution in [0.5, 0.6) is 0 Å². The van der Waals surface area contributed by atoms with Gasteiger partial charge in [-0.15, -0.1) is 0 Å². The zero-order valence-corrected chi connectivity index (χ0v) is 9.57. The molecule has 0 spiro atoms. The maximum atomic E-state index is 4.24. The molecule has 0 aromatic heterocycles. The summed E-state index contributed by atoms with van der Waals surface area (Å²) in [5, 5.41) is 2.66. The molecule has 0 radical (unpaired) electrons. The molecule has 0 aliphatic rings. The summed E-state index contributed by atoms with van der Waals surface area (Å²) >= 11 is 4.24. The molecule has 2 heteroatoms. The second-order valence-corrected chi connectivity index (χ2v) is 6.00. The second kappa shape index (κ2) is 4.75. The van der Waals surface area contributed by atoms with Crippen LogP contribution < -0.4 is 10.6 Å². The summed E-state index contributed by atoms with van der Waals surface area (Å²) in [6.07, 6.45) is 0. The Morgan fingerprint density at radius 3 is 1.36 bits per heavy atom. The number of hydrogen-bond acceptors (Lipinski definition) is 0. The fraction of sp³-hybridized carbons (Fsp3) is 0. The van der Waals surface area contributed by atoms with E-state index in [0.29, 0.717) is 0 Å². The van der Waals surface area contributed by atoms with Gasteiger partial charge in [0, 0.05) is 0 Å². The summed E-state index contributed by atoms with van der Waals surface area (Å²) in [6, 6.07) is 20.9. The number of benzene rings is 2. The van der Waals surface area contributed by atoms with Crippen LogP contribution in [-0.2, 0) is 15.6 Å². The summed E-state index contributed by atoms with van der Waals surface area (Å²) in [5.41, 5.74) is 0. The molecule has 0 atom stereocenters. The van der Waals surface area contributed by atoms with Gasteiger partial charge >= 0.3 is 93.5 Å². The number of hydrogen-bond donors (Lipinski definition) is 0. The van der Waals surface area contributed by atoms with Gasteiger partial charge in [-0.1, -0.05) is 0 Å². The molecular weight excluding hydrogens is 231 g/mol. The Bertz CT molecular complexity index is 346. The van der Waals surface area contributed by atoms with E-state index >= 15 is 0 Å². The normalized spacial score (nSPS) is 10.4. The molecule has 0 saturated carbocycles. The third-order valence-electron chi connectivity index (χ3n) is 1.95. The predicted molar refractivity (Wildman–Crippen MR) is 59.1 cm³/mol. The molecule has 2 rings (SSSR count). The third-order valence-corrected chi connectivity index (χ3v) is 5.14. The molecule has 0 aliphatic carbocycles. The summed E-state index contributed by atoms with van der Waals surface area (Å²) in [7, 11) is 0. The summed E-state index contributed by atoms with van der Waals surface area (Å²) in [6.45, 7) is -0.421. The Morgan fingerprint density at radius 1 is 0.643 bits per heavy atom. The van der Waals surface area contributed by atoms with Gasteiger partial charge in [-0.05, 0) is 0 Å². The first-order chi connectivity index (χ1) is 6.88. The molecule has 0 aliphatic heterocycles. The Hall–Kier alpha value is -0.611. The van der Waals surface area contributed by atoms with Crippen LogP contribution in [0, 0.1) is 0 Å². The third kappa shape index (κ3) is 2.25. The van der Waals surface area contributed by atoms with E-state index in [1.807, 2.05) is 12.1 Å². The van der Waals surface area contributed by atoms with Crippen LogP contribution in [0.25, 0.3) is 0 Å². The fourth-order valence-electron chi connectivity index (χ4n) is 1.26. The van der Waals surface area contributed by atoms with E-state index in [1.165, 1.54) is 10.6 Å². The van der Waals surface area contributed by atoms with E-state index in [2.05, 4.69) is 64.1 Å². The van der Waals surface area contributed by atoms with Crippen LogP contribution in [0.3, 0.4) is 0 Å². The van der Waals surface area contributed by atoms with Gasteiger partial charge in [-0.3, -0.25) is 0 Å². The molecule has 71 valence electrons. The molecule has 0 N–H and O–H groups in total. The summed E-state index contributed by atoms with van der Waals surface area (Å²) < 4.78 is 0. The first-order valence-electron chi connectivity index (χ1n) is 4.43. The standard InChI is InChI=1S/C12H10P.Fe/c1-3-7-11(8-4-1)13-12-9-5-2-6-10-12;/h1-10H;/q-1;+1. The first-order valence-corrected chi connectivity index (χ1v) is 7.12. The van der Waals surface area contributed by atoms with Crippen molar-refractivity contribution in [3.8, 4) is 0 Å². The second-order valence-electron chi connectivity index (χ2n) is 2.94. The van der Waals surface area contributed by atoms with Gasteiger partial charge in [0.05, 0.1) is 0 Å². The molecule has 14 heavy (non-hydrogen) atoms. The fourth-order valence-corrected chi connectivity index (χ4v) is 3.40. The topological polar surface area (TPSA) is 0 Å². The zero-order chi connectivity index (χ0) is 9.80. The van der Waals surface area contributed by atoms with Crippen molar-refractivity contribution < 1.29 is 15.6 Å². The van der Waals surface area contributed by atoms with Crippen LogP contribution >= 0.6 is 6.61 Å². The Kier molecular flexibility index (Phi) is 3.37. The van der Waals surface area contributed by atoms with E-state index in [-0.39, 0.29) is 0 Å². The van der Waals surface area contributed by atoms with Crippen LogP contribution in [0.4, 0.5) is 0 Å². The van der Waals surface area contributed by atoms with Gasteiger partial charge in [0.1, 0.15) is 0 Å². The summed E-state index contributed by atoms with van der Waals surface area (Å²) in [4.78, 5) is 0. The van der Waals surface area contributed by atoms with Gasteiger partial charge in [-0.25, -0.2) is 0 Å². The molecule has 0 saturated heterocycles. The molecule has 0 amide bonds. The van der Waals surface area contributed by atoms with Crippen LogP contribution in [0.15, 0.2) is 60.7 Å².